The second-order valence-electron chi connectivity index (χ2n) is 4.68. The van der Waals surface area contributed by atoms with Crippen LogP contribution in [0.5, 0.6) is 11.5 Å². The highest BCUT2D eigenvalue weighted by molar-refractivity contribution is 9.10. The number of hydrogen-bond acceptors (Lipinski definition) is 5. The molecule has 7 nitrogen and oxygen atoms in total. The third-order valence-corrected chi connectivity index (χ3v) is 3.68. The highest BCUT2D eigenvalue weighted by atomic mass is 79.9. The van der Waals surface area contributed by atoms with E-state index in [2.05, 4.69) is 31.8 Å². The van der Waals surface area contributed by atoms with Crippen LogP contribution in [-0.4, -0.2) is 38.3 Å². The van der Waals surface area contributed by atoms with Gasteiger partial charge in [-0.15, -0.1) is 0 Å². The van der Waals surface area contributed by atoms with E-state index in [1.165, 1.54) is 20.4 Å². The highest BCUT2D eigenvalue weighted by Crippen LogP contribution is 2.32. The van der Waals surface area contributed by atoms with Crippen LogP contribution in [0.1, 0.15) is 18.4 Å². The fraction of sp³-hybridized carbons (Fsp3) is 0.357. The van der Waals surface area contributed by atoms with Gasteiger partial charge in [0.05, 0.1) is 20.4 Å². The van der Waals surface area contributed by atoms with Crippen LogP contribution in [0.4, 0.5) is 0 Å². The molecule has 1 aliphatic carbocycles. The molecule has 0 atom stereocenters. The molecule has 22 heavy (non-hydrogen) atoms. The van der Waals surface area contributed by atoms with Crippen LogP contribution in [0.2, 0.25) is 0 Å². The molecule has 0 bridgehead atoms. The summed E-state index contributed by atoms with van der Waals surface area (Å²) in [6.07, 6.45) is 3.25. The van der Waals surface area contributed by atoms with Crippen molar-refractivity contribution in [3.05, 3.63) is 22.2 Å². The van der Waals surface area contributed by atoms with Gasteiger partial charge in [-0.1, -0.05) is 0 Å². The van der Waals surface area contributed by atoms with Crippen molar-refractivity contribution in [2.45, 2.75) is 18.9 Å². The summed E-state index contributed by atoms with van der Waals surface area (Å²) in [6.45, 7) is 0. The zero-order valence-electron chi connectivity index (χ0n) is 12.2. The quantitative estimate of drug-likeness (QED) is 0.463. The molecule has 1 aliphatic rings. The zero-order valence-corrected chi connectivity index (χ0v) is 13.8. The summed E-state index contributed by atoms with van der Waals surface area (Å²) >= 11 is 3.37. The average molecular weight is 370 g/mol. The van der Waals surface area contributed by atoms with Gasteiger partial charge < -0.3 is 14.8 Å². The van der Waals surface area contributed by atoms with Crippen LogP contribution >= 0.6 is 15.9 Å². The van der Waals surface area contributed by atoms with E-state index in [1.807, 2.05) is 0 Å². The Morgan fingerprint density at radius 2 is 1.86 bits per heavy atom. The minimum absolute atomic E-state index is 0.127. The molecular formula is C14H16BrN3O4. The summed E-state index contributed by atoms with van der Waals surface area (Å²) in [7, 11) is 3.06. The molecule has 0 unspecified atom stereocenters. The van der Waals surface area contributed by atoms with Gasteiger partial charge in [0.15, 0.2) is 11.5 Å². The summed E-state index contributed by atoms with van der Waals surface area (Å²) in [4.78, 5) is 23.0. The number of nitrogens with zero attached hydrogens (tertiary/aromatic N) is 1. The Bertz CT molecular complexity index is 614. The Morgan fingerprint density at radius 3 is 2.45 bits per heavy atom. The third-order valence-electron chi connectivity index (χ3n) is 2.99. The van der Waals surface area contributed by atoms with E-state index in [0.29, 0.717) is 21.5 Å². The lowest BCUT2D eigenvalue weighted by molar-refractivity contribution is -0.139. The first kappa shape index (κ1) is 16.3. The van der Waals surface area contributed by atoms with Crippen molar-refractivity contribution in [2.24, 2.45) is 5.10 Å². The van der Waals surface area contributed by atoms with Gasteiger partial charge in [-0.05, 0) is 40.9 Å². The molecule has 0 radical (unpaired) electrons. The van der Waals surface area contributed by atoms with Crippen LogP contribution in [0.25, 0.3) is 0 Å². The lowest BCUT2D eigenvalue weighted by atomic mass is 10.2. The van der Waals surface area contributed by atoms with E-state index >= 15 is 0 Å². The van der Waals surface area contributed by atoms with E-state index in [4.69, 9.17) is 9.47 Å². The Kier molecular flexibility index (Phi) is 5.37. The molecule has 8 heteroatoms. The van der Waals surface area contributed by atoms with Crippen LogP contribution in [0.15, 0.2) is 21.7 Å². The predicted molar refractivity (Wildman–Crippen MR) is 84.1 cm³/mol. The molecule has 118 valence electrons. The van der Waals surface area contributed by atoms with Crippen molar-refractivity contribution in [1.82, 2.24) is 10.7 Å². The third kappa shape index (κ3) is 4.20. The van der Waals surface area contributed by atoms with Crippen molar-refractivity contribution in [3.8, 4) is 11.5 Å². The number of nitrogens with one attached hydrogen (secondary N) is 2. The molecule has 2 rings (SSSR count). The fourth-order valence-corrected chi connectivity index (χ4v) is 2.08. The smallest absolute Gasteiger partial charge is 0.329 e. The molecule has 1 fully saturated rings. The van der Waals surface area contributed by atoms with Gasteiger partial charge in [0.2, 0.25) is 0 Å². The minimum Gasteiger partial charge on any atom is -0.493 e. The first-order valence-corrected chi connectivity index (χ1v) is 7.40. The van der Waals surface area contributed by atoms with Crippen LogP contribution in [-0.2, 0) is 9.59 Å². The lowest BCUT2D eigenvalue weighted by Crippen LogP contribution is -2.38. The van der Waals surface area contributed by atoms with E-state index < -0.39 is 11.8 Å². The Labute approximate surface area is 136 Å². The standard InChI is InChI=1S/C14H16BrN3O4/c1-21-11-5-8(10(15)6-12(11)22-2)7-16-18-14(20)13(19)17-9-3-4-9/h5-7,9H,3-4H2,1-2H3,(H,17,19)(H,18,20)/b16-7-. The van der Waals surface area contributed by atoms with E-state index in [-0.39, 0.29) is 6.04 Å². The summed E-state index contributed by atoms with van der Waals surface area (Å²) in [6, 6.07) is 3.55. The Balaban J connectivity index is 1.99. The predicted octanol–water partition coefficient (Wildman–Crippen LogP) is 1.19. The van der Waals surface area contributed by atoms with Gasteiger partial charge in [-0.2, -0.15) is 5.10 Å². The number of carbonyl (C=O) groups excluding carboxylic acids is 2. The van der Waals surface area contributed by atoms with Crippen molar-refractivity contribution in [3.63, 3.8) is 0 Å². The van der Waals surface area contributed by atoms with E-state index in [0.717, 1.165) is 12.8 Å². The first-order valence-electron chi connectivity index (χ1n) is 6.60. The molecule has 0 spiro atoms. The number of hydrazone groups is 1. The molecule has 1 aromatic rings. The van der Waals surface area contributed by atoms with Gasteiger partial charge in [0.1, 0.15) is 0 Å². The van der Waals surface area contributed by atoms with E-state index in [1.54, 1.807) is 12.1 Å². The van der Waals surface area contributed by atoms with Gasteiger partial charge in [0.25, 0.3) is 0 Å². The molecule has 0 aromatic heterocycles. The molecule has 1 aromatic carbocycles. The van der Waals surface area contributed by atoms with Crippen molar-refractivity contribution < 1.29 is 19.1 Å². The maximum absolute atomic E-state index is 11.5. The largest absolute Gasteiger partial charge is 0.493 e. The number of rotatable bonds is 5. The van der Waals surface area contributed by atoms with Gasteiger partial charge >= 0.3 is 11.8 Å². The van der Waals surface area contributed by atoms with Crippen LogP contribution in [0, 0.1) is 0 Å². The topological polar surface area (TPSA) is 89.0 Å². The summed E-state index contributed by atoms with van der Waals surface area (Å²) < 4.78 is 11.1. The number of halogens is 1. The van der Waals surface area contributed by atoms with Crippen LogP contribution in [0.3, 0.4) is 0 Å². The maximum Gasteiger partial charge on any atom is 0.329 e. The van der Waals surface area contributed by atoms with Crippen molar-refractivity contribution in [2.75, 3.05) is 14.2 Å². The molecule has 2 amide bonds. The number of carbonyl (C=O) groups is 2. The number of amides is 2. The van der Waals surface area contributed by atoms with Gasteiger partial charge in [0, 0.05) is 16.1 Å². The number of benzene rings is 1. The molecular weight excluding hydrogens is 354 g/mol. The fourth-order valence-electron chi connectivity index (χ4n) is 1.66. The zero-order chi connectivity index (χ0) is 16.1. The molecule has 0 heterocycles. The van der Waals surface area contributed by atoms with Crippen molar-refractivity contribution in [1.29, 1.82) is 0 Å². The normalized spacial score (nSPS) is 13.8. The summed E-state index contributed by atoms with van der Waals surface area (Å²) in [5.74, 6) is -0.366. The van der Waals surface area contributed by atoms with Crippen molar-refractivity contribution >= 4 is 34.0 Å². The second-order valence-corrected chi connectivity index (χ2v) is 5.53. The van der Waals surface area contributed by atoms with Crippen LogP contribution < -0.4 is 20.2 Å². The van der Waals surface area contributed by atoms with Gasteiger partial charge in [-0.25, -0.2) is 5.43 Å². The number of methoxy groups -OCH3 is 2. The van der Waals surface area contributed by atoms with Gasteiger partial charge in [-0.3, -0.25) is 9.59 Å². The number of ether oxygens (including phenoxy) is 2. The summed E-state index contributed by atoms with van der Waals surface area (Å²) in [5, 5.41) is 6.35. The lowest BCUT2D eigenvalue weighted by Gasteiger charge is -2.09. The highest BCUT2D eigenvalue weighted by Gasteiger charge is 2.26. The second kappa shape index (κ2) is 7.26. The average Bonchev–Trinajstić information content (AvgIpc) is 3.32. The van der Waals surface area contributed by atoms with E-state index in [9.17, 15) is 9.59 Å². The molecule has 0 aliphatic heterocycles. The Hall–Kier alpha value is -2.09. The number of hydrogen-bond donors (Lipinski definition) is 2. The monoisotopic (exact) mass is 369 g/mol. The molecule has 2 N–H and O–H groups in total. The Morgan fingerprint density at radius 1 is 1.23 bits per heavy atom. The molecule has 1 saturated carbocycles. The minimum atomic E-state index is -0.792. The first-order chi connectivity index (χ1) is 10.5. The molecule has 0 saturated heterocycles. The summed E-state index contributed by atoms with van der Waals surface area (Å²) in [5.41, 5.74) is 2.85. The SMILES string of the molecule is COc1cc(Br)c(/C=N\NC(=O)C(=O)NC2CC2)cc1OC. The maximum atomic E-state index is 11.5.